The number of hydrogen-bond donors (Lipinski definition) is 1. The lowest BCUT2D eigenvalue weighted by molar-refractivity contribution is -0.156. The quantitative estimate of drug-likeness (QED) is 0.131. The van der Waals surface area contributed by atoms with Gasteiger partial charge in [0.2, 0.25) is 11.8 Å². The summed E-state index contributed by atoms with van der Waals surface area (Å²) in [6.07, 6.45) is 5.96. The molecule has 2 bridgehead atoms. The number of alkyl halides is 1. The first-order valence-corrected chi connectivity index (χ1v) is 16.3. The maximum atomic E-state index is 14.7. The zero-order valence-electron chi connectivity index (χ0n) is 24.9. The Morgan fingerprint density at radius 3 is 2.41 bits per heavy atom. The number of likely N-dealkylation sites (tertiary alicyclic amines) is 1. The maximum absolute atomic E-state index is 14.7. The van der Waals surface area contributed by atoms with Crippen molar-refractivity contribution in [3.63, 3.8) is 0 Å². The first kappa shape index (κ1) is 32.1. The van der Waals surface area contributed by atoms with Crippen molar-refractivity contribution in [3.05, 3.63) is 97.1 Å². The van der Waals surface area contributed by atoms with Crippen molar-refractivity contribution >= 4 is 33.7 Å². The van der Waals surface area contributed by atoms with E-state index < -0.39 is 41.6 Å². The van der Waals surface area contributed by atoms with Gasteiger partial charge >= 0.3 is 5.97 Å². The highest BCUT2D eigenvalue weighted by Crippen LogP contribution is 2.60. The summed E-state index contributed by atoms with van der Waals surface area (Å²) in [5.74, 6) is -2.90. The van der Waals surface area contributed by atoms with Gasteiger partial charge in [-0.25, -0.2) is 0 Å². The molecule has 2 aromatic rings. The van der Waals surface area contributed by atoms with Crippen LogP contribution in [0.2, 0.25) is 0 Å². The van der Waals surface area contributed by atoms with E-state index in [0.29, 0.717) is 25.8 Å². The smallest absolute Gasteiger partial charge is 0.312 e. The molecule has 1 spiro atoms. The number of carbonyl (C=O) groups is 3. The molecule has 9 heteroatoms. The fourth-order valence-corrected chi connectivity index (χ4v) is 8.11. The van der Waals surface area contributed by atoms with E-state index in [2.05, 4.69) is 29.1 Å². The molecule has 2 aromatic carbocycles. The summed E-state index contributed by atoms with van der Waals surface area (Å²) in [4.78, 5) is 45.9. The lowest BCUT2D eigenvalue weighted by atomic mass is 9.70. The molecule has 0 radical (unpaired) electrons. The van der Waals surface area contributed by atoms with E-state index in [4.69, 9.17) is 9.47 Å². The van der Waals surface area contributed by atoms with E-state index in [9.17, 15) is 19.5 Å². The molecule has 1 N–H and O–H groups in total. The number of aliphatic hydroxyl groups is 1. The monoisotopic (exact) mass is 664 g/mol. The number of allylic oxidation sites excluding steroid dienone is 1. The predicted molar refractivity (Wildman–Crippen MR) is 171 cm³/mol. The summed E-state index contributed by atoms with van der Waals surface area (Å²) < 4.78 is 12.4. The van der Waals surface area contributed by atoms with Gasteiger partial charge in [0.25, 0.3) is 0 Å². The summed E-state index contributed by atoms with van der Waals surface area (Å²) in [5, 5.41) is 10.7. The van der Waals surface area contributed by atoms with Crippen molar-refractivity contribution in [2.75, 3.05) is 19.8 Å². The third-order valence-electron chi connectivity index (χ3n) is 9.08. The normalized spacial score (nSPS) is 27.5. The number of ether oxygens (including phenoxy) is 2. The Hall–Kier alpha value is -3.27. The average molecular weight is 666 g/mol. The second-order valence-corrected chi connectivity index (χ2v) is 13.1. The van der Waals surface area contributed by atoms with E-state index in [1.807, 2.05) is 66.7 Å². The molecule has 0 aromatic heterocycles. The van der Waals surface area contributed by atoms with Crippen LogP contribution in [0.4, 0.5) is 0 Å². The van der Waals surface area contributed by atoms with Crippen LogP contribution >= 0.6 is 15.9 Å². The zero-order chi connectivity index (χ0) is 31.3. The Bertz CT molecular complexity index is 1340. The molecular formula is C35H41BrN2O6. The molecule has 8 nitrogen and oxygen atoms in total. The minimum Gasteiger partial charge on any atom is -0.465 e. The van der Waals surface area contributed by atoms with Crippen LogP contribution in [-0.4, -0.2) is 81.1 Å². The van der Waals surface area contributed by atoms with Crippen LogP contribution < -0.4 is 0 Å². The molecule has 3 aliphatic rings. The molecule has 3 unspecified atom stereocenters. The number of benzene rings is 2. The Balaban J connectivity index is 1.52. The standard InChI is InChI=1S/C35H41BrN2O6/c1-3-5-6-13-19-43-34(42)28-29-32(40)38(26(23-39)20-24-14-9-7-10-15-24)31(35(29)21-27(36)30(28)44-35)33(41)37(18-4-2)22-25-16-11-8-12-17-25/h3-4,7-12,14-17,26-31,39H,1-2,5-6,13,18-23H2/t26-,27?,28+,29+,30+,31?,35?/m1/s1. The van der Waals surface area contributed by atoms with Gasteiger partial charge in [0.05, 0.1) is 37.2 Å². The van der Waals surface area contributed by atoms with E-state index in [1.54, 1.807) is 11.0 Å². The molecule has 0 aliphatic carbocycles. The lowest BCUT2D eigenvalue weighted by Gasteiger charge is -2.39. The Morgan fingerprint density at radius 1 is 1.09 bits per heavy atom. The highest BCUT2D eigenvalue weighted by molar-refractivity contribution is 9.09. The maximum Gasteiger partial charge on any atom is 0.312 e. The largest absolute Gasteiger partial charge is 0.465 e. The van der Waals surface area contributed by atoms with E-state index in [-0.39, 0.29) is 36.4 Å². The summed E-state index contributed by atoms with van der Waals surface area (Å²) in [6, 6.07) is 17.5. The fraction of sp³-hybridized carbons (Fsp3) is 0.457. The first-order chi connectivity index (χ1) is 21.4. The van der Waals surface area contributed by atoms with E-state index >= 15 is 0 Å². The van der Waals surface area contributed by atoms with Gasteiger partial charge in [0.15, 0.2) is 0 Å². The highest BCUT2D eigenvalue weighted by Gasteiger charge is 2.77. The third-order valence-corrected chi connectivity index (χ3v) is 9.92. The van der Waals surface area contributed by atoms with Crippen molar-refractivity contribution in [1.82, 2.24) is 9.80 Å². The third kappa shape index (κ3) is 6.14. The van der Waals surface area contributed by atoms with Crippen LogP contribution in [0.5, 0.6) is 0 Å². The van der Waals surface area contributed by atoms with Crippen molar-refractivity contribution in [1.29, 1.82) is 0 Å². The Morgan fingerprint density at radius 2 is 1.77 bits per heavy atom. The molecule has 44 heavy (non-hydrogen) atoms. The summed E-state index contributed by atoms with van der Waals surface area (Å²) >= 11 is 3.72. The van der Waals surface area contributed by atoms with Crippen molar-refractivity contribution < 1.29 is 29.0 Å². The number of nitrogens with zero attached hydrogens (tertiary/aromatic N) is 2. The van der Waals surface area contributed by atoms with Gasteiger partial charge in [0, 0.05) is 17.9 Å². The second-order valence-electron chi connectivity index (χ2n) is 11.9. The SMILES string of the molecule is C=CCCCCOC(=O)[C@H]1[C@H]2C(=O)N([C@@H](CO)Cc3ccccc3)C(C(=O)N(CC=C)Cc3ccccc3)C23CC(Br)[C@@H]1O3. The van der Waals surface area contributed by atoms with Gasteiger partial charge in [-0.1, -0.05) is 88.7 Å². The highest BCUT2D eigenvalue weighted by atomic mass is 79.9. The predicted octanol–water partition coefficient (Wildman–Crippen LogP) is 4.45. The number of hydrogen-bond acceptors (Lipinski definition) is 6. The number of carbonyl (C=O) groups excluding carboxylic acids is 3. The van der Waals surface area contributed by atoms with E-state index in [0.717, 1.165) is 24.0 Å². The number of unbranched alkanes of at least 4 members (excludes halogenated alkanes) is 2. The second kappa shape index (κ2) is 14.2. The Kier molecular flexibility index (Phi) is 10.4. The minimum absolute atomic E-state index is 0.236. The number of aliphatic hydroxyl groups excluding tert-OH is 1. The number of esters is 1. The van der Waals surface area contributed by atoms with Crippen LogP contribution in [0.3, 0.4) is 0 Å². The minimum atomic E-state index is -1.25. The lowest BCUT2D eigenvalue weighted by Crippen LogP contribution is -2.59. The first-order valence-electron chi connectivity index (χ1n) is 15.4. The van der Waals surface area contributed by atoms with Crippen LogP contribution in [0.1, 0.15) is 36.8 Å². The number of rotatable bonds is 15. The molecule has 3 fully saturated rings. The molecule has 7 atom stereocenters. The number of amides is 2. The van der Waals surface area contributed by atoms with Gasteiger partial charge < -0.3 is 24.4 Å². The topological polar surface area (TPSA) is 96.4 Å². The van der Waals surface area contributed by atoms with Crippen molar-refractivity contribution in [3.8, 4) is 0 Å². The van der Waals surface area contributed by atoms with Crippen molar-refractivity contribution in [2.24, 2.45) is 11.8 Å². The average Bonchev–Trinajstić information content (AvgIpc) is 3.63. The number of halogens is 1. The molecule has 2 amide bonds. The van der Waals surface area contributed by atoms with Gasteiger partial charge in [-0.15, -0.1) is 13.2 Å². The van der Waals surface area contributed by atoms with E-state index in [1.165, 1.54) is 4.90 Å². The van der Waals surface area contributed by atoms with Crippen molar-refractivity contribution in [2.45, 2.75) is 67.3 Å². The zero-order valence-corrected chi connectivity index (χ0v) is 26.5. The van der Waals surface area contributed by atoms with Crippen LogP contribution in [0, 0.1) is 11.8 Å². The van der Waals surface area contributed by atoms with Crippen LogP contribution in [-0.2, 0) is 36.8 Å². The number of fused-ring (bicyclic) bond motifs is 1. The molecule has 5 rings (SSSR count). The van der Waals surface area contributed by atoms with Gasteiger partial charge in [-0.2, -0.15) is 0 Å². The van der Waals surface area contributed by atoms with Gasteiger partial charge in [-0.05, 0) is 43.2 Å². The summed E-state index contributed by atoms with van der Waals surface area (Å²) in [7, 11) is 0. The van der Waals surface area contributed by atoms with Gasteiger partial charge in [0.1, 0.15) is 11.6 Å². The molecule has 3 aliphatic heterocycles. The summed E-state index contributed by atoms with van der Waals surface area (Å²) in [6.45, 7) is 8.06. The summed E-state index contributed by atoms with van der Waals surface area (Å²) in [5.41, 5.74) is 0.606. The molecule has 234 valence electrons. The van der Waals surface area contributed by atoms with Crippen LogP contribution in [0.25, 0.3) is 0 Å². The van der Waals surface area contributed by atoms with Crippen LogP contribution in [0.15, 0.2) is 86.0 Å². The van der Waals surface area contributed by atoms with Gasteiger partial charge in [-0.3, -0.25) is 14.4 Å². The fourth-order valence-electron chi connectivity index (χ4n) is 7.17. The molecule has 3 saturated heterocycles. The molecule has 3 heterocycles. The Labute approximate surface area is 267 Å². The molecule has 0 saturated carbocycles. The molecular weight excluding hydrogens is 624 g/mol.